The summed E-state index contributed by atoms with van der Waals surface area (Å²) >= 11 is 0. The molecule has 112 valence electrons. The van der Waals surface area contributed by atoms with Crippen molar-refractivity contribution in [2.24, 2.45) is 5.41 Å². The topological polar surface area (TPSA) is 55.3 Å². The third-order valence-corrected chi connectivity index (χ3v) is 4.48. The fourth-order valence-corrected chi connectivity index (χ4v) is 3.02. The molecule has 0 unspecified atom stereocenters. The molecule has 3 heterocycles. The molecule has 0 aliphatic carbocycles. The van der Waals surface area contributed by atoms with Crippen LogP contribution in [0.15, 0.2) is 24.5 Å². The van der Waals surface area contributed by atoms with Crippen molar-refractivity contribution in [1.29, 1.82) is 0 Å². The summed E-state index contributed by atoms with van der Waals surface area (Å²) in [5.74, 6) is 0.724. The lowest BCUT2D eigenvalue weighted by atomic mass is 9.76. The minimum atomic E-state index is 0.0370. The second-order valence-electron chi connectivity index (χ2n) is 6.00. The van der Waals surface area contributed by atoms with E-state index in [-0.39, 0.29) is 11.3 Å². The molecule has 0 atom stereocenters. The van der Waals surface area contributed by atoms with Crippen LogP contribution in [0.4, 0.5) is 0 Å². The van der Waals surface area contributed by atoms with Crippen LogP contribution in [0.5, 0.6) is 0 Å². The van der Waals surface area contributed by atoms with Crippen LogP contribution in [0.1, 0.15) is 35.4 Å². The molecule has 0 radical (unpaired) electrons. The van der Waals surface area contributed by atoms with Crippen LogP contribution in [0, 0.1) is 12.3 Å². The first-order valence-electron chi connectivity index (χ1n) is 7.49. The first-order valence-corrected chi connectivity index (χ1v) is 7.49. The third-order valence-electron chi connectivity index (χ3n) is 4.48. The number of hydrogen-bond donors (Lipinski definition) is 0. The molecular weight excluding hydrogens is 266 g/mol. The number of amides is 1. The van der Waals surface area contributed by atoms with E-state index in [9.17, 15) is 4.79 Å². The number of allylic oxidation sites excluding steroid dienone is 1. The average molecular weight is 287 g/mol. The van der Waals surface area contributed by atoms with E-state index in [0.717, 1.165) is 39.0 Å². The van der Waals surface area contributed by atoms with E-state index >= 15 is 0 Å². The quantitative estimate of drug-likeness (QED) is 0.741. The van der Waals surface area contributed by atoms with Crippen molar-refractivity contribution in [2.45, 2.75) is 26.2 Å². The Bertz CT molecular complexity index is 531. The van der Waals surface area contributed by atoms with Crippen LogP contribution < -0.4 is 0 Å². The highest BCUT2D eigenvalue weighted by Crippen LogP contribution is 2.37. The Kier molecular flexibility index (Phi) is 4.01. The molecule has 1 amide bonds. The van der Waals surface area contributed by atoms with Gasteiger partial charge in [-0.2, -0.15) is 0 Å². The number of carbonyl (C=O) groups excluding carboxylic acids is 1. The molecule has 5 nitrogen and oxygen atoms in total. The zero-order chi connectivity index (χ0) is 14.7. The van der Waals surface area contributed by atoms with Gasteiger partial charge in [0, 0.05) is 30.9 Å². The van der Waals surface area contributed by atoms with Gasteiger partial charge in [0.05, 0.1) is 18.8 Å². The predicted molar refractivity (Wildman–Crippen MR) is 78.9 cm³/mol. The highest BCUT2D eigenvalue weighted by atomic mass is 16.5. The molecule has 1 saturated heterocycles. The molecule has 3 rings (SSSR count). The van der Waals surface area contributed by atoms with E-state index in [1.807, 2.05) is 11.8 Å². The van der Waals surface area contributed by atoms with Gasteiger partial charge in [0.15, 0.2) is 0 Å². The van der Waals surface area contributed by atoms with Crippen LogP contribution in [-0.4, -0.2) is 47.1 Å². The van der Waals surface area contributed by atoms with Crippen molar-refractivity contribution >= 4 is 5.91 Å². The number of ether oxygens (including phenoxy) is 1. The maximum atomic E-state index is 12.5. The van der Waals surface area contributed by atoms with Crippen LogP contribution in [-0.2, 0) is 4.74 Å². The number of rotatable bonds is 1. The van der Waals surface area contributed by atoms with E-state index in [0.29, 0.717) is 18.0 Å². The van der Waals surface area contributed by atoms with Crippen molar-refractivity contribution in [3.8, 4) is 0 Å². The molecule has 0 saturated carbocycles. The van der Waals surface area contributed by atoms with Gasteiger partial charge >= 0.3 is 0 Å². The Morgan fingerprint density at radius 2 is 1.95 bits per heavy atom. The molecule has 21 heavy (non-hydrogen) atoms. The highest BCUT2D eigenvalue weighted by Gasteiger charge is 2.36. The van der Waals surface area contributed by atoms with Gasteiger partial charge in [-0.25, -0.2) is 9.97 Å². The molecule has 1 aromatic rings. The summed E-state index contributed by atoms with van der Waals surface area (Å²) in [5.41, 5.74) is 0.793. The Hall–Kier alpha value is -1.75. The Balaban J connectivity index is 1.63. The summed E-state index contributed by atoms with van der Waals surface area (Å²) in [7, 11) is 0. The number of nitrogens with zero attached hydrogens (tertiary/aromatic N) is 3. The largest absolute Gasteiger partial charge is 0.377 e. The van der Waals surface area contributed by atoms with Crippen molar-refractivity contribution in [1.82, 2.24) is 14.9 Å². The molecule has 0 N–H and O–H groups in total. The lowest BCUT2D eigenvalue weighted by molar-refractivity contribution is 0.0163. The summed E-state index contributed by atoms with van der Waals surface area (Å²) < 4.78 is 5.67. The number of aromatic nitrogens is 2. The standard InChI is InChI=1S/C16H21N3O2/c1-13-17-10-14(11-18-13)15(20)19-7-5-16(6-8-19)4-2-3-9-21-12-16/h2-3,10-11H,4-9,12H2,1H3. The second kappa shape index (κ2) is 5.93. The molecule has 1 spiro atoms. The summed E-state index contributed by atoms with van der Waals surface area (Å²) in [6.45, 7) is 4.90. The fourth-order valence-electron chi connectivity index (χ4n) is 3.02. The predicted octanol–water partition coefficient (Wildman–Crippen LogP) is 1.98. The highest BCUT2D eigenvalue weighted by molar-refractivity contribution is 5.93. The number of carbonyl (C=O) groups is 1. The van der Waals surface area contributed by atoms with Crippen molar-refractivity contribution in [3.05, 3.63) is 35.9 Å². The number of aryl methyl sites for hydroxylation is 1. The first kappa shape index (κ1) is 14.2. The fraction of sp³-hybridized carbons (Fsp3) is 0.562. The second-order valence-corrected chi connectivity index (χ2v) is 6.00. The summed E-state index contributed by atoms with van der Waals surface area (Å²) in [6.07, 6.45) is 10.6. The molecule has 2 aliphatic heterocycles. The molecular formula is C16H21N3O2. The number of hydrogen-bond acceptors (Lipinski definition) is 4. The zero-order valence-electron chi connectivity index (χ0n) is 12.4. The summed E-state index contributed by atoms with van der Waals surface area (Å²) in [5, 5.41) is 0. The maximum Gasteiger partial charge on any atom is 0.256 e. The van der Waals surface area contributed by atoms with Crippen molar-refractivity contribution in [2.75, 3.05) is 26.3 Å². The average Bonchev–Trinajstić information content (AvgIpc) is 2.74. The van der Waals surface area contributed by atoms with E-state index in [2.05, 4.69) is 22.1 Å². The van der Waals surface area contributed by atoms with Crippen LogP contribution >= 0.6 is 0 Å². The SMILES string of the molecule is Cc1ncc(C(=O)N2CCC3(CC=CCOC3)CC2)cn1. The number of piperidine rings is 1. The molecule has 1 aromatic heterocycles. The lowest BCUT2D eigenvalue weighted by Crippen LogP contribution is -2.44. The smallest absolute Gasteiger partial charge is 0.256 e. The van der Waals surface area contributed by atoms with Gasteiger partial charge in [-0.05, 0) is 26.2 Å². The summed E-state index contributed by atoms with van der Waals surface area (Å²) in [6, 6.07) is 0. The van der Waals surface area contributed by atoms with E-state index in [4.69, 9.17) is 4.74 Å². The van der Waals surface area contributed by atoms with Crippen LogP contribution in [0.2, 0.25) is 0 Å². The molecule has 0 aromatic carbocycles. The first-order chi connectivity index (χ1) is 10.2. The van der Waals surface area contributed by atoms with Gasteiger partial charge in [-0.3, -0.25) is 4.79 Å². The van der Waals surface area contributed by atoms with Crippen LogP contribution in [0.3, 0.4) is 0 Å². The van der Waals surface area contributed by atoms with Gasteiger partial charge in [0.25, 0.3) is 5.91 Å². The Labute approximate surface area is 125 Å². The van der Waals surface area contributed by atoms with E-state index in [1.54, 1.807) is 12.4 Å². The molecule has 5 heteroatoms. The minimum absolute atomic E-state index is 0.0370. The van der Waals surface area contributed by atoms with Gasteiger partial charge in [-0.1, -0.05) is 12.2 Å². The van der Waals surface area contributed by atoms with Gasteiger partial charge in [0.1, 0.15) is 5.82 Å². The van der Waals surface area contributed by atoms with E-state index < -0.39 is 0 Å². The summed E-state index contributed by atoms with van der Waals surface area (Å²) in [4.78, 5) is 22.6. The molecule has 2 aliphatic rings. The maximum absolute atomic E-state index is 12.5. The van der Waals surface area contributed by atoms with Crippen molar-refractivity contribution in [3.63, 3.8) is 0 Å². The lowest BCUT2D eigenvalue weighted by Gasteiger charge is -2.40. The third kappa shape index (κ3) is 3.13. The van der Waals surface area contributed by atoms with Gasteiger partial charge in [-0.15, -0.1) is 0 Å². The Morgan fingerprint density at radius 1 is 1.24 bits per heavy atom. The normalized spacial score (nSPS) is 21.3. The molecule has 1 fully saturated rings. The monoisotopic (exact) mass is 287 g/mol. The Morgan fingerprint density at radius 3 is 2.67 bits per heavy atom. The zero-order valence-corrected chi connectivity index (χ0v) is 12.4. The van der Waals surface area contributed by atoms with Crippen molar-refractivity contribution < 1.29 is 9.53 Å². The van der Waals surface area contributed by atoms with Gasteiger partial charge < -0.3 is 9.64 Å². The van der Waals surface area contributed by atoms with Crippen LogP contribution in [0.25, 0.3) is 0 Å². The number of likely N-dealkylation sites (tertiary alicyclic amines) is 1. The minimum Gasteiger partial charge on any atom is -0.377 e. The molecule has 0 bridgehead atoms. The van der Waals surface area contributed by atoms with E-state index in [1.165, 1.54) is 0 Å². The van der Waals surface area contributed by atoms with Gasteiger partial charge in [0.2, 0.25) is 0 Å².